The third-order valence-electron chi connectivity index (χ3n) is 1.82. The summed E-state index contributed by atoms with van der Waals surface area (Å²) in [5.41, 5.74) is 5.87. The van der Waals surface area contributed by atoms with Crippen LogP contribution in [0.25, 0.3) is 0 Å². The first-order chi connectivity index (χ1) is 7.11. The molecule has 0 bridgehead atoms. The van der Waals surface area contributed by atoms with E-state index in [2.05, 4.69) is 5.16 Å². The maximum absolute atomic E-state index is 12.5. The fraction of sp³-hybridized carbons (Fsp3) is 0.200. The number of amidine groups is 1. The third-order valence-corrected chi connectivity index (χ3v) is 1.82. The molecule has 0 fully saturated rings. The summed E-state index contributed by atoms with van der Waals surface area (Å²) in [7, 11) is 0. The van der Waals surface area contributed by atoms with E-state index < -0.39 is 0 Å². The van der Waals surface area contributed by atoms with Gasteiger partial charge in [0.15, 0.2) is 0 Å². The van der Waals surface area contributed by atoms with Crippen LogP contribution in [0.2, 0.25) is 0 Å². The molecule has 3 N–H and O–H groups in total. The van der Waals surface area contributed by atoms with Gasteiger partial charge in [0, 0.05) is 6.42 Å². The van der Waals surface area contributed by atoms with Crippen LogP contribution in [0.15, 0.2) is 29.4 Å². The molecule has 0 aliphatic heterocycles. The molecule has 0 atom stereocenters. The molecular weight excluding hydrogens is 199 g/mol. The minimum atomic E-state index is -0.345. The molecule has 0 radical (unpaired) electrons. The summed E-state index contributed by atoms with van der Waals surface area (Å²) in [6, 6.07) is 5.62. The summed E-state index contributed by atoms with van der Waals surface area (Å²) in [6.45, 7) is 0. The molecule has 1 aromatic carbocycles. The molecule has 0 amide bonds. The molecule has 15 heavy (non-hydrogen) atoms. The lowest BCUT2D eigenvalue weighted by Crippen LogP contribution is -2.18. The van der Waals surface area contributed by atoms with Gasteiger partial charge < -0.3 is 10.9 Å². The molecule has 0 spiro atoms. The van der Waals surface area contributed by atoms with Crippen LogP contribution in [-0.2, 0) is 11.2 Å². The molecule has 80 valence electrons. The van der Waals surface area contributed by atoms with Crippen molar-refractivity contribution in [2.45, 2.75) is 12.8 Å². The zero-order chi connectivity index (χ0) is 11.3. The Bertz CT molecular complexity index is 374. The Morgan fingerprint density at radius 3 is 2.53 bits per heavy atom. The van der Waals surface area contributed by atoms with E-state index in [1.165, 1.54) is 24.3 Å². The minimum Gasteiger partial charge on any atom is -0.409 e. The summed E-state index contributed by atoms with van der Waals surface area (Å²) in [5.74, 6) is -0.651. The van der Waals surface area contributed by atoms with Crippen LogP contribution in [0.1, 0.15) is 12.0 Å². The lowest BCUT2D eigenvalue weighted by atomic mass is 10.1. The van der Waals surface area contributed by atoms with Gasteiger partial charge in [0.05, 0.1) is 6.42 Å². The number of Topliss-reactive ketones (excluding diaryl/α,β-unsaturated/α-hetero) is 1. The van der Waals surface area contributed by atoms with Crippen molar-refractivity contribution in [1.29, 1.82) is 0 Å². The first-order valence-corrected chi connectivity index (χ1v) is 4.34. The molecule has 4 nitrogen and oxygen atoms in total. The highest BCUT2D eigenvalue weighted by molar-refractivity contribution is 6.00. The average molecular weight is 210 g/mol. The topological polar surface area (TPSA) is 75.7 Å². The third kappa shape index (κ3) is 3.76. The van der Waals surface area contributed by atoms with Gasteiger partial charge in [-0.05, 0) is 17.7 Å². The Labute approximate surface area is 86.2 Å². The molecule has 0 aliphatic carbocycles. The van der Waals surface area contributed by atoms with Crippen molar-refractivity contribution in [3.05, 3.63) is 35.6 Å². The number of benzene rings is 1. The fourth-order valence-corrected chi connectivity index (χ4v) is 1.13. The summed E-state index contributed by atoms with van der Waals surface area (Å²) in [4.78, 5) is 11.3. The van der Waals surface area contributed by atoms with E-state index in [1.807, 2.05) is 0 Å². The Kier molecular flexibility index (Phi) is 3.79. The minimum absolute atomic E-state index is 0.103. The maximum atomic E-state index is 12.5. The van der Waals surface area contributed by atoms with Crippen LogP contribution in [0, 0.1) is 5.82 Å². The van der Waals surface area contributed by atoms with E-state index in [0.717, 1.165) is 0 Å². The highest BCUT2D eigenvalue weighted by Gasteiger charge is 2.06. The van der Waals surface area contributed by atoms with Crippen LogP contribution in [0.5, 0.6) is 0 Å². The SMILES string of the molecule is N/C(CC(=O)Cc1ccc(F)cc1)=N\O. The van der Waals surface area contributed by atoms with Crippen molar-refractivity contribution in [3.63, 3.8) is 0 Å². The molecule has 5 heteroatoms. The van der Waals surface area contributed by atoms with Gasteiger partial charge >= 0.3 is 0 Å². The van der Waals surface area contributed by atoms with E-state index >= 15 is 0 Å². The largest absolute Gasteiger partial charge is 0.409 e. The quantitative estimate of drug-likeness (QED) is 0.338. The molecule has 0 aromatic heterocycles. The number of hydrogen-bond donors (Lipinski definition) is 2. The average Bonchev–Trinajstić information content (AvgIpc) is 2.21. The van der Waals surface area contributed by atoms with E-state index in [0.29, 0.717) is 5.56 Å². The highest BCUT2D eigenvalue weighted by Crippen LogP contribution is 2.04. The van der Waals surface area contributed by atoms with Crippen molar-refractivity contribution in [1.82, 2.24) is 0 Å². The summed E-state index contributed by atoms with van der Waals surface area (Å²) in [6.07, 6.45) is 0.0460. The molecule has 1 rings (SSSR count). The number of rotatable bonds is 4. The van der Waals surface area contributed by atoms with E-state index in [4.69, 9.17) is 10.9 Å². The van der Waals surface area contributed by atoms with Crippen molar-refractivity contribution in [2.24, 2.45) is 10.9 Å². The van der Waals surface area contributed by atoms with Gasteiger partial charge in [-0.25, -0.2) is 4.39 Å². The molecule has 0 heterocycles. The summed E-state index contributed by atoms with van der Waals surface area (Å²) < 4.78 is 12.5. The number of oxime groups is 1. The van der Waals surface area contributed by atoms with E-state index in [9.17, 15) is 9.18 Å². The Hall–Kier alpha value is -1.91. The Balaban J connectivity index is 2.55. The van der Waals surface area contributed by atoms with Crippen molar-refractivity contribution in [2.75, 3.05) is 0 Å². The normalized spacial score (nSPS) is 11.4. The maximum Gasteiger partial charge on any atom is 0.146 e. The van der Waals surface area contributed by atoms with Crippen LogP contribution >= 0.6 is 0 Å². The number of carbonyl (C=O) groups is 1. The van der Waals surface area contributed by atoms with E-state index in [-0.39, 0.29) is 30.3 Å². The first-order valence-electron chi connectivity index (χ1n) is 4.34. The van der Waals surface area contributed by atoms with Gasteiger partial charge in [-0.15, -0.1) is 0 Å². The molecule has 0 saturated carbocycles. The second-order valence-corrected chi connectivity index (χ2v) is 3.11. The number of nitrogens with zero attached hydrogens (tertiary/aromatic N) is 1. The van der Waals surface area contributed by atoms with Crippen LogP contribution in [0.4, 0.5) is 4.39 Å². The number of halogens is 1. The monoisotopic (exact) mass is 210 g/mol. The lowest BCUT2D eigenvalue weighted by Gasteiger charge is -2.00. The summed E-state index contributed by atoms with van der Waals surface area (Å²) >= 11 is 0. The summed E-state index contributed by atoms with van der Waals surface area (Å²) in [5, 5.41) is 10.9. The standard InChI is InChI=1S/C10H11FN2O2/c11-8-3-1-7(2-4-8)5-9(14)6-10(12)13-15/h1-4,15H,5-6H2,(H2,12,13). The van der Waals surface area contributed by atoms with Crippen molar-refractivity contribution < 1.29 is 14.4 Å². The zero-order valence-electron chi connectivity index (χ0n) is 7.98. The Morgan fingerprint density at radius 1 is 1.40 bits per heavy atom. The molecular formula is C10H11FN2O2. The number of ketones is 1. The number of carbonyl (C=O) groups excluding carboxylic acids is 1. The van der Waals surface area contributed by atoms with Crippen LogP contribution < -0.4 is 5.73 Å². The van der Waals surface area contributed by atoms with Gasteiger partial charge in [-0.2, -0.15) is 0 Å². The first kappa shape index (κ1) is 11.2. The Morgan fingerprint density at radius 2 is 2.00 bits per heavy atom. The van der Waals surface area contributed by atoms with Gasteiger partial charge in [0.1, 0.15) is 17.4 Å². The van der Waals surface area contributed by atoms with Gasteiger partial charge in [-0.1, -0.05) is 17.3 Å². The zero-order valence-corrected chi connectivity index (χ0v) is 7.98. The second kappa shape index (κ2) is 5.09. The molecule has 0 unspecified atom stereocenters. The highest BCUT2D eigenvalue weighted by atomic mass is 19.1. The van der Waals surface area contributed by atoms with Gasteiger partial charge in [0.2, 0.25) is 0 Å². The lowest BCUT2D eigenvalue weighted by molar-refractivity contribution is -0.117. The van der Waals surface area contributed by atoms with Gasteiger partial charge in [-0.3, -0.25) is 4.79 Å². The molecule has 1 aromatic rings. The molecule has 0 saturated heterocycles. The van der Waals surface area contributed by atoms with E-state index in [1.54, 1.807) is 0 Å². The smallest absolute Gasteiger partial charge is 0.146 e. The predicted molar refractivity (Wildman–Crippen MR) is 53.1 cm³/mol. The number of nitrogens with two attached hydrogens (primary N) is 1. The van der Waals surface area contributed by atoms with Crippen molar-refractivity contribution >= 4 is 11.6 Å². The van der Waals surface area contributed by atoms with Crippen LogP contribution in [-0.4, -0.2) is 16.8 Å². The number of hydrogen-bond acceptors (Lipinski definition) is 3. The van der Waals surface area contributed by atoms with Crippen molar-refractivity contribution in [3.8, 4) is 0 Å². The predicted octanol–water partition coefficient (Wildman–Crippen LogP) is 1.07. The van der Waals surface area contributed by atoms with Gasteiger partial charge in [0.25, 0.3) is 0 Å². The fourth-order valence-electron chi connectivity index (χ4n) is 1.13. The molecule has 0 aliphatic rings. The van der Waals surface area contributed by atoms with Crippen LogP contribution in [0.3, 0.4) is 0 Å². The second-order valence-electron chi connectivity index (χ2n) is 3.11.